The summed E-state index contributed by atoms with van der Waals surface area (Å²) in [5.41, 5.74) is 3.45. The van der Waals surface area contributed by atoms with Crippen LogP contribution in [-0.2, 0) is 18.3 Å². The van der Waals surface area contributed by atoms with Gasteiger partial charge in [-0.15, -0.1) is 0 Å². The number of aryl methyl sites for hydroxylation is 2. The molecule has 0 aliphatic rings. The number of rotatable bonds is 3. The summed E-state index contributed by atoms with van der Waals surface area (Å²) in [6.07, 6.45) is 0.573. The molecule has 90 valence electrons. The van der Waals surface area contributed by atoms with Crippen molar-refractivity contribution in [2.75, 3.05) is 0 Å². The number of hydrogen-bond acceptors (Lipinski definition) is 1. The summed E-state index contributed by atoms with van der Waals surface area (Å²) < 4.78 is 2.12. The Balaban J connectivity index is 2.50. The number of hydrogen-bond donors (Lipinski definition) is 1. The highest BCUT2D eigenvalue weighted by molar-refractivity contribution is 5.85. The van der Waals surface area contributed by atoms with Crippen molar-refractivity contribution < 1.29 is 9.90 Å². The molecule has 1 N–H and O–H groups in total. The molecule has 3 nitrogen and oxygen atoms in total. The van der Waals surface area contributed by atoms with Crippen LogP contribution < -0.4 is 0 Å². The minimum absolute atomic E-state index is 0.351. The molecule has 2 aromatic rings. The Hall–Kier alpha value is -1.77. The SMILES string of the molecule is Cc1cc2cccc(CC(C)C(=O)O)c2n1C. The number of fused-ring (bicyclic) bond motifs is 1. The van der Waals surface area contributed by atoms with E-state index in [1.165, 1.54) is 11.1 Å². The lowest BCUT2D eigenvalue weighted by Gasteiger charge is -2.09. The van der Waals surface area contributed by atoms with Crippen LogP contribution in [0.4, 0.5) is 0 Å². The smallest absolute Gasteiger partial charge is 0.306 e. The average Bonchev–Trinajstić information content (AvgIpc) is 2.56. The third kappa shape index (κ3) is 2.05. The van der Waals surface area contributed by atoms with E-state index in [2.05, 4.69) is 23.6 Å². The fourth-order valence-electron chi connectivity index (χ4n) is 2.22. The standard InChI is InChI=1S/C14H17NO2/c1-9(14(16)17)7-11-5-4-6-12-8-10(2)15(3)13(11)12/h4-6,8-9H,7H2,1-3H3,(H,16,17). The fraction of sp³-hybridized carbons (Fsp3) is 0.357. The largest absolute Gasteiger partial charge is 0.481 e. The van der Waals surface area contributed by atoms with Crippen molar-refractivity contribution in [1.29, 1.82) is 0 Å². The molecule has 1 atom stereocenters. The van der Waals surface area contributed by atoms with Crippen molar-refractivity contribution in [3.63, 3.8) is 0 Å². The summed E-state index contributed by atoms with van der Waals surface area (Å²) in [6, 6.07) is 8.20. The molecule has 0 spiro atoms. The number of aromatic nitrogens is 1. The highest BCUT2D eigenvalue weighted by atomic mass is 16.4. The van der Waals surface area contributed by atoms with Gasteiger partial charge in [0.25, 0.3) is 0 Å². The third-order valence-corrected chi connectivity index (χ3v) is 3.33. The van der Waals surface area contributed by atoms with Crippen molar-refractivity contribution in [3.05, 3.63) is 35.5 Å². The van der Waals surface area contributed by atoms with Gasteiger partial charge in [-0.3, -0.25) is 4.79 Å². The van der Waals surface area contributed by atoms with E-state index in [-0.39, 0.29) is 5.92 Å². The summed E-state index contributed by atoms with van der Waals surface area (Å²) in [6.45, 7) is 3.81. The summed E-state index contributed by atoms with van der Waals surface area (Å²) in [7, 11) is 2.02. The van der Waals surface area contributed by atoms with Crippen molar-refractivity contribution in [2.45, 2.75) is 20.3 Å². The van der Waals surface area contributed by atoms with E-state index in [0.717, 1.165) is 11.1 Å². The molecule has 1 aromatic heterocycles. The molecule has 0 aliphatic heterocycles. The monoisotopic (exact) mass is 231 g/mol. The zero-order valence-electron chi connectivity index (χ0n) is 10.4. The molecule has 0 aliphatic carbocycles. The summed E-state index contributed by atoms with van der Waals surface area (Å²) in [5.74, 6) is -1.09. The molecular formula is C14H17NO2. The Morgan fingerprint density at radius 1 is 1.47 bits per heavy atom. The maximum atomic E-state index is 10.9. The van der Waals surface area contributed by atoms with Gasteiger partial charge in [-0.2, -0.15) is 0 Å². The van der Waals surface area contributed by atoms with E-state index < -0.39 is 5.97 Å². The molecule has 2 rings (SSSR count). The lowest BCUT2D eigenvalue weighted by Crippen LogP contribution is -2.12. The lowest BCUT2D eigenvalue weighted by atomic mass is 9.99. The van der Waals surface area contributed by atoms with Crippen LogP contribution >= 0.6 is 0 Å². The second-order valence-corrected chi connectivity index (χ2v) is 4.64. The molecule has 0 amide bonds. The summed E-state index contributed by atoms with van der Waals surface area (Å²) in [5, 5.41) is 10.2. The molecular weight excluding hydrogens is 214 g/mol. The maximum absolute atomic E-state index is 10.9. The van der Waals surface area contributed by atoms with Crippen LogP contribution in [0.15, 0.2) is 24.3 Å². The Kier molecular flexibility index (Phi) is 2.92. The van der Waals surface area contributed by atoms with Gasteiger partial charge in [0, 0.05) is 18.1 Å². The quantitative estimate of drug-likeness (QED) is 0.882. The predicted molar refractivity (Wildman–Crippen MR) is 68.2 cm³/mol. The Labute approximate surface area is 101 Å². The van der Waals surface area contributed by atoms with E-state index in [0.29, 0.717) is 6.42 Å². The first-order valence-electron chi connectivity index (χ1n) is 5.77. The van der Waals surface area contributed by atoms with Gasteiger partial charge in [-0.1, -0.05) is 25.1 Å². The highest BCUT2D eigenvalue weighted by Gasteiger charge is 2.15. The summed E-state index contributed by atoms with van der Waals surface area (Å²) >= 11 is 0. The van der Waals surface area contributed by atoms with Gasteiger partial charge < -0.3 is 9.67 Å². The van der Waals surface area contributed by atoms with Crippen LogP contribution in [0.2, 0.25) is 0 Å². The number of carbonyl (C=O) groups is 1. The van der Waals surface area contributed by atoms with Crippen molar-refractivity contribution in [3.8, 4) is 0 Å². The maximum Gasteiger partial charge on any atom is 0.306 e. The van der Waals surface area contributed by atoms with Crippen molar-refractivity contribution in [2.24, 2.45) is 13.0 Å². The number of aliphatic carboxylic acids is 1. The number of carboxylic acids is 1. The molecule has 1 aromatic carbocycles. The van der Waals surface area contributed by atoms with Gasteiger partial charge in [0.2, 0.25) is 0 Å². The minimum Gasteiger partial charge on any atom is -0.481 e. The molecule has 0 bridgehead atoms. The second-order valence-electron chi connectivity index (χ2n) is 4.64. The Bertz CT molecular complexity index is 569. The fourth-order valence-corrected chi connectivity index (χ4v) is 2.22. The second kappa shape index (κ2) is 4.24. The van der Waals surface area contributed by atoms with Gasteiger partial charge in [0.1, 0.15) is 0 Å². The van der Waals surface area contributed by atoms with E-state index in [9.17, 15) is 4.79 Å². The number of benzene rings is 1. The summed E-state index contributed by atoms with van der Waals surface area (Å²) in [4.78, 5) is 10.9. The van der Waals surface area contributed by atoms with Crippen LogP contribution in [-0.4, -0.2) is 15.6 Å². The molecule has 0 saturated carbocycles. The van der Waals surface area contributed by atoms with Crippen LogP contribution in [0.3, 0.4) is 0 Å². The first kappa shape index (κ1) is 11.7. The first-order valence-corrected chi connectivity index (χ1v) is 5.77. The molecule has 0 fully saturated rings. The van der Waals surface area contributed by atoms with Gasteiger partial charge in [-0.25, -0.2) is 0 Å². The van der Waals surface area contributed by atoms with Gasteiger partial charge >= 0.3 is 5.97 Å². The zero-order valence-corrected chi connectivity index (χ0v) is 10.4. The minimum atomic E-state index is -0.743. The third-order valence-electron chi connectivity index (χ3n) is 3.33. The normalized spacial score (nSPS) is 12.9. The number of carboxylic acid groups (broad SMARTS) is 1. The highest BCUT2D eigenvalue weighted by Crippen LogP contribution is 2.24. The van der Waals surface area contributed by atoms with Gasteiger partial charge in [-0.05, 0) is 25.0 Å². The molecule has 17 heavy (non-hydrogen) atoms. The van der Waals surface area contributed by atoms with E-state index in [4.69, 9.17) is 5.11 Å². The molecule has 0 radical (unpaired) electrons. The average molecular weight is 231 g/mol. The van der Waals surface area contributed by atoms with Crippen LogP contribution in [0, 0.1) is 12.8 Å². The first-order chi connectivity index (χ1) is 8.00. The number of para-hydroxylation sites is 1. The van der Waals surface area contributed by atoms with Crippen LogP contribution in [0.25, 0.3) is 10.9 Å². The molecule has 0 saturated heterocycles. The Morgan fingerprint density at radius 3 is 2.82 bits per heavy atom. The Morgan fingerprint density at radius 2 is 2.18 bits per heavy atom. The molecule has 1 heterocycles. The lowest BCUT2D eigenvalue weighted by molar-refractivity contribution is -0.141. The number of nitrogens with zero attached hydrogens (tertiary/aromatic N) is 1. The van der Waals surface area contributed by atoms with Crippen LogP contribution in [0.5, 0.6) is 0 Å². The molecule has 1 unspecified atom stereocenters. The van der Waals surface area contributed by atoms with Crippen LogP contribution in [0.1, 0.15) is 18.2 Å². The topological polar surface area (TPSA) is 42.2 Å². The van der Waals surface area contributed by atoms with Gasteiger partial charge in [0.15, 0.2) is 0 Å². The van der Waals surface area contributed by atoms with E-state index >= 15 is 0 Å². The van der Waals surface area contributed by atoms with Crippen molar-refractivity contribution in [1.82, 2.24) is 4.57 Å². The van der Waals surface area contributed by atoms with E-state index in [1.54, 1.807) is 6.92 Å². The predicted octanol–water partition coefficient (Wildman–Crippen LogP) is 2.75. The van der Waals surface area contributed by atoms with Gasteiger partial charge in [0.05, 0.1) is 11.4 Å². The van der Waals surface area contributed by atoms with E-state index in [1.807, 2.05) is 19.2 Å². The zero-order chi connectivity index (χ0) is 12.6. The van der Waals surface area contributed by atoms with Crippen molar-refractivity contribution >= 4 is 16.9 Å². The molecule has 3 heteroatoms.